The number of hydrogen-bond donors (Lipinski definition) is 2. The fourth-order valence-electron chi connectivity index (χ4n) is 1.09. The van der Waals surface area contributed by atoms with Crippen molar-refractivity contribution in [1.29, 1.82) is 0 Å². The maximum atomic E-state index is 8.18. The summed E-state index contributed by atoms with van der Waals surface area (Å²) in [7, 11) is 1.90. The second kappa shape index (κ2) is 6.64. The molecule has 0 spiro atoms. The van der Waals surface area contributed by atoms with Crippen LogP contribution in [0.5, 0.6) is 0 Å². The van der Waals surface area contributed by atoms with Crippen LogP contribution in [0.15, 0.2) is 23.3 Å². The summed E-state index contributed by atoms with van der Waals surface area (Å²) in [5, 5.41) is 9.64. The van der Waals surface area contributed by atoms with E-state index in [0.29, 0.717) is 0 Å². The average Bonchev–Trinajstić information content (AvgIpc) is 2.27. The SMILES string of the molecule is CNCCNc1cccc(CN=[N+]=[N-])n1. The molecule has 0 atom stereocenters. The van der Waals surface area contributed by atoms with Crippen molar-refractivity contribution in [2.75, 3.05) is 25.5 Å². The van der Waals surface area contributed by atoms with Crippen molar-refractivity contribution in [3.05, 3.63) is 34.3 Å². The van der Waals surface area contributed by atoms with E-state index in [2.05, 4.69) is 25.6 Å². The normalized spacial score (nSPS) is 9.40. The summed E-state index contributed by atoms with van der Waals surface area (Å²) in [6.07, 6.45) is 0. The van der Waals surface area contributed by atoms with Crippen LogP contribution in [0.2, 0.25) is 0 Å². The molecule has 0 aliphatic rings. The van der Waals surface area contributed by atoms with Crippen molar-refractivity contribution in [3.8, 4) is 0 Å². The second-order valence-electron chi connectivity index (χ2n) is 2.93. The number of nitrogens with one attached hydrogen (secondary N) is 2. The van der Waals surface area contributed by atoms with Crippen LogP contribution in [0.3, 0.4) is 0 Å². The van der Waals surface area contributed by atoms with Crippen LogP contribution >= 0.6 is 0 Å². The zero-order valence-corrected chi connectivity index (χ0v) is 8.64. The number of pyridine rings is 1. The molecule has 0 aliphatic carbocycles. The van der Waals surface area contributed by atoms with Gasteiger partial charge in [0.15, 0.2) is 0 Å². The number of nitrogens with zero attached hydrogens (tertiary/aromatic N) is 4. The van der Waals surface area contributed by atoms with Crippen LogP contribution in [-0.4, -0.2) is 25.1 Å². The molecule has 0 unspecified atom stereocenters. The topological polar surface area (TPSA) is 85.7 Å². The molecule has 0 saturated carbocycles. The van der Waals surface area contributed by atoms with Crippen molar-refractivity contribution in [2.45, 2.75) is 6.54 Å². The molecular formula is C9H14N6. The quantitative estimate of drug-likeness (QED) is 0.320. The molecule has 1 heterocycles. The number of hydrogen-bond acceptors (Lipinski definition) is 4. The zero-order chi connectivity index (χ0) is 10.9. The Bertz CT molecular complexity index is 344. The van der Waals surface area contributed by atoms with Gasteiger partial charge in [0.1, 0.15) is 5.82 Å². The van der Waals surface area contributed by atoms with Crippen LogP contribution in [0.4, 0.5) is 5.82 Å². The first-order valence-electron chi connectivity index (χ1n) is 4.72. The number of azide groups is 1. The highest BCUT2D eigenvalue weighted by atomic mass is 15.1. The Kier molecular flexibility index (Phi) is 5.00. The van der Waals surface area contributed by atoms with Gasteiger partial charge in [-0.3, -0.25) is 0 Å². The molecule has 0 aliphatic heterocycles. The number of aromatic nitrogens is 1. The lowest BCUT2D eigenvalue weighted by atomic mass is 10.3. The highest BCUT2D eigenvalue weighted by Gasteiger charge is 1.95. The lowest BCUT2D eigenvalue weighted by molar-refractivity contribution is 0.820. The summed E-state index contributed by atoms with van der Waals surface area (Å²) >= 11 is 0. The Morgan fingerprint density at radius 3 is 3.07 bits per heavy atom. The number of likely N-dealkylation sites (N-methyl/N-ethyl adjacent to an activating group) is 1. The molecule has 0 radical (unpaired) electrons. The van der Waals surface area contributed by atoms with Crippen molar-refractivity contribution >= 4 is 5.82 Å². The fraction of sp³-hybridized carbons (Fsp3) is 0.444. The van der Waals surface area contributed by atoms with Crippen LogP contribution in [-0.2, 0) is 6.54 Å². The van der Waals surface area contributed by atoms with Gasteiger partial charge in [-0.2, -0.15) is 0 Å². The van der Waals surface area contributed by atoms with E-state index in [1.165, 1.54) is 0 Å². The van der Waals surface area contributed by atoms with Crippen molar-refractivity contribution in [3.63, 3.8) is 0 Å². The van der Waals surface area contributed by atoms with Gasteiger partial charge in [-0.15, -0.1) is 0 Å². The molecule has 15 heavy (non-hydrogen) atoms. The minimum Gasteiger partial charge on any atom is -0.369 e. The molecule has 0 amide bonds. The Labute approximate surface area is 88.3 Å². The third-order valence-electron chi connectivity index (χ3n) is 1.78. The van der Waals surface area contributed by atoms with E-state index < -0.39 is 0 Å². The minimum atomic E-state index is 0.290. The summed E-state index contributed by atoms with van der Waals surface area (Å²) < 4.78 is 0. The van der Waals surface area contributed by atoms with E-state index in [1.807, 2.05) is 25.2 Å². The van der Waals surface area contributed by atoms with Crippen LogP contribution in [0.25, 0.3) is 10.4 Å². The number of rotatable bonds is 6. The summed E-state index contributed by atoms with van der Waals surface area (Å²) in [5.74, 6) is 0.802. The first-order chi connectivity index (χ1) is 7.36. The highest BCUT2D eigenvalue weighted by molar-refractivity contribution is 5.35. The van der Waals surface area contributed by atoms with Gasteiger partial charge in [0.2, 0.25) is 0 Å². The molecule has 0 fully saturated rings. The van der Waals surface area contributed by atoms with E-state index in [4.69, 9.17) is 5.53 Å². The summed E-state index contributed by atoms with van der Waals surface area (Å²) in [6.45, 7) is 1.98. The van der Waals surface area contributed by atoms with Crippen molar-refractivity contribution in [1.82, 2.24) is 10.3 Å². The smallest absolute Gasteiger partial charge is 0.126 e. The van der Waals surface area contributed by atoms with E-state index in [9.17, 15) is 0 Å². The molecule has 0 saturated heterocycles. The van der Waals surface area contributed by atoms with Crippen LogP contribution in [0, 0.1) is 0 Å². The van der Waals surface area contributed by atoms with Crippen molar-refractivity contribution in [2.24, 2.45) is 5.11 Å². The van der Waals surface area contributed by atoms with E-state index >= 15 is 0 Å². The first-order valence-corrected chi connectivity index (χ1v) is 4.72. The molecule has 6 heteroatoms. The van der Waals surface area contributed by atoms with Gasteiger partial charge in [0, 0.05) is 23.7 Å². The maximum Gasteiger partial charge on any atom is 0.126 e. The second-order valence-corrected chi connectivity index (χ2v) is 2.93. The van der Waals surface area contributed by atoms with Gasteiger partial charge in [0.05, 0.1) is 6.54 Å². The predicted octanol–water partition coefficient (Wildman–Crippen LogP) is 1.52. The molecule has 0 bridgehead atoms. The third kappa shape index (κ3) is 4.30. The molecular weight excluding hydrogens is 192 g/mol. The van der Waals surface area contributed by atoms with Crippen LogP contribution < -0.4 is 10.6 Å². The van der Waals surface area contributed by atoms with E-state index in [1.54, 1.807) is 0 Å². The Balaban J connectivity index is 2.53. The maximum absolute atomic E-state index is 8.18. The van der Waals surface area contributed by atoms with Crippen LogP contribution in [0.1, 0.15) is 5.69 Å². The molecule has 1 aromatic heterocycles. The van der Waals surface area contributed by atoms with E-state index in [-0.39, 0.29) is 6.54 Å². The van der Waals surface area contributed by atoms with Gasteiger partial charge in [0.25, 0.3) is 0 Å². The molecule has 1 aromatic rings. The van der Waals surface area contributed by atoms with Gasteiger partial charge in [-0.1, -0.05) is 11.2 Å². The molecule has 6 nitrogen and oxygen atoms in total. The molecule has 2 N–H and O–H groups in total. The van der Waals surface area contributed by atoms with Gasteiger partial charge >= 0.3 is 0 Å². The molecule has 80 valence electrons. The highest BCUT2D eigenvalue weighted by Crippen LogP contribution is 2.05. The van der Waals surface area contributed by atoms with Gasteiger partial charge in [-0.25, -0.2) is 4.98 Å². The zero-order valence-electron chi connectivity index (χ0n) is 8.64. The fourth-order valence-corrected chi connectivity index (χ4v) is 1.09. The van der Waals surface area contributed by atoms with Gasteiger partial charge in [-0.05, 0) is 24.7 Å². The lowest BCUT2D eigenvalue weighted by Crippen LogP contribution is -2.18. The Hall–Kier alpha value is -1.78. The monoisotopic (exact) mass is 206 g/mol. The summed E-state index contributed by atoms with van der Waals surface area (Å²) in [4.78, 5) is 6.97. The predicted molar refractivity (Wildman–Crippen MR) is 59.5 cm³/mol. The minimum absolute atomic E-state index is 0.290. The largest absolute Gasteiger partial charge is 0.369 e. The summed E-state index contributed by atoms with van der Waals surface area (Å²) in [5.41, 5.74) is 8.94. The first kappa shape index (κ1) is 11.3. The lowest BCUT2D eigenvalue weighted by Gasteiger charge is -2.05. The number of anilines is 1. The average molecular weight is 206 g/mol. The van der Waals surface area contributed by atoms with Crippen molar-refractivity contribution < 1.29 is 0 Å². The van der Waals surface area contributed by atoms with E-state index in [0.717, 1.165) is 24.6 Å². The molecule has 1 rings (SSSR count). The Morgan fingerprint density at radius 2 is 2.33 bits per heavy atom. The standard InChI is InChI=1S/C9H14N6/c1-11-5-6-12-9-4-2-3-8(14-9)7-13-15-10/h2-4,11H,5-7H2,1H3,(H,12,14). The Morgan fingerprint density at radius 1 is 1.47 bits per heavy atom. The molecule has 0 aromatic carbocycles. The van der Waals surface area contributed by atoms with Gasteiger partial charge < -0.3 is 10.6 Å². The third-order valence-corrected chi connectivity index (χ3v) is 1.78. The summed E-state index contributed by atoms with van der Waals surface area (Å²) in [6, 6.07) is 5.60.